The number of aliphatic hydroxyl groups is 1. The number of hydrogen-bond donors (Lipinski definition) is 2. The molecule has 2 aliphatic heterocycles. The van der Waals surface area contributed by atoms with E-state index in [2.05, 4.69) is 5.32 Å². The number of piperidine rings is 1. The van der Waals surface area contributed by atoms with Gasteiger partial charge in [-0.15, -0.1) is 0 Å². The third kappa shape index (κ3) is 2.58. The van der Waals surface area contributed by atoms with E-state index in [0.717, 1.165) is 11.1 Å². The van der Waals surface area contributed by atoms with Crippen molar-refractivity contribution in [3.63, 3.8) is 0 Å². The van der Waals surface area contributed by atoms with Crippen molar-refractivity contribution in [3.8, 4) is 0 Å². The molecular weight excluding hydrogens is 312 g/mol. The molecule has 0 bridgehead atoms. The number of nitrogens with one attached hydrogen (secondary N) is 1. The number of aliphatic hydroxyl groups excluding tert-OH is 1. The molecule has 1 aliphatic carbocycles. The zero-order chi connectivity index (χ0) is 16.7. The maximum absolute atomic E-state index is 12.5. The molecule has 2 atom stereocenters. The standard InChI is InChI=1S/C17H20N2O5/c20-13-9-11-3-1-2-4-12(11)14(13)18-15(21)19-7-5-17(6-8-19)10-23-16(22)24-17/h1-4,13-14,20H,5-10H2,(H,18,21)/t13-,14-/m0/s1. The first-order chi connectivity index (χ1) is 11.6. The molecule has 1 aromatic carbocycles. The predicted octanol–water partition coefficient (Wildman–Crippen LogP) is 1.36. The molecule has 2 amide bonds. The van der Waals surface area contributed by atoms with E-state index in [1.165, 1.54) is 0 Å². The lowest BCUT2D eigenvalue weighted by Crippen LogP contribution is -2.52. The molecule has 7 nitrogen and oxygen atoms in total. The molecule has 1 spiro atoms. The summed E-state index contributed by atoms with van der Waals surface area (Å²) in [5.74, 6) is 0. The fraction of sp³-hybridized carbons (Fsp3) is 0.529. The first-order valence-corrected chi connectivity index (χ1v) is 8.23. The lowest BCUT2D eigenvalue weighted by Gasteiger charge is -2.36. The largest absolute Gasteiger partial charge is 0.509 e. The number of carbonyl (C=O) groups is 2. The van der Waals surface area contributed by atoms with Crippen LogP contribution < -0.4 is 5.32 Å². The normalized spacial score (nSPS) is 27.5. The van der Waals surface area contributed by atoms with Gasteiger partial charge in [-0.1, -0.05) is 24.3 Å². The van der Waals surface area contributed by atoms with Crippen molar-refractivity contribution in [2.75, 3.05) is 19.7 Å². The van der Waals surface area contributed by atoms with E-state index in [9.17, 15) is 14.7 Å². The number of likely N-dealkylation sites (tertiary alicyclic amines) is 1. The van der Waals surface area contributed by atoms with Gasteiger partial charge in [-0.25, -0.2) is 9.59 Å². The summed E-state index contributed by atoms with van der Waals surface area (Å²) in [6, 6.07) is 7.19. The number of fused-ring (bicyclic) bond motifs is 1. The van der Waals surface area contributed by atoms with Gasteiger partial charge in [-0.2, -0.15) is 0 Å². The van der Waals surface area contributed by atoms with Gasteiger partial charge in [0.15, 0.2) is 5.60 Å². The topological polar surface area (TPSA) is 88.1 Å². The van der Waals surface area contributed by atoms with Gasteiger partial charge < -0.3 is 24.8 Å². The van der Waals surface area contributed by atoms with Crippen molar-refractivity contribution in [2.45, 2.75) is 37.0 Å². The Kier molecular flexibility index (Phi) is 3.60. The molecule has 2 N–H and O–H groups in total. The Morgan fingerprint density at radius 2 is 2.04 bits per heavy atom. The molecule has 7 heteroatoms. The highest BCUT2D eigenvalue weighted by Gasteiger charge is 2.45. The number of hydrogen-bond acceptors (Lipinski definition) is 5. The van der Waals surface area contributed by atoms with Gasteiger partial charge in [0.1, 0.15) is 6.61 Å². The van der Waals surface area contributed by atoms with Crippen LogP contribution in [0.25, 0.3) is 0 Å². The van der Waals surface area contributed by atoms with Gasteiger partial charge in [0, 0.05) is 32.4 Å². The minimum Gasteiger partial charge on any atom is -0.430 e. The minimum absolute atomic E-state index is 0.198. The lowest BCUT2D eigenvalue weighted by atomic mass is 9.92. The van der Waals surface area contributed by atoms with Crippen molar-refractivity contribution in [3.05, 3.63) is 35.4 Å². The number of amides is 2. The summed E-state index contributed by atoms with van der Waals surface area (Å²) >= 11 is 0. The summed E-state index contributed by atoms with van der Waals surface area (Å²) in [5, 5.41) is 13.2. The Hall–Kier alpha value is -2.28. The molecule has 0 aromatic heterocycles. The van der Waals surface area contributed by atoms with E-state index >= 15 is 0 Å². The Labute approximate surface area is 139 Å². The number of benzene rings is 1. The van der Waals surface area contributed by atoms with Gasteiger partial charge in [0.25, 0.3) is 0 Å². The van der Waals surface area contributed by atoms with Crippen molar-refractivity contribution in [1.29, 1.82) is 0 Å². The van der Waals surface area contributed by atoms with Gasteiger partial charge >= 0.3 is 12.2 Å². The molecule has 24 heavy (non-hydrogen) atoms. The van der Waals surface area contributed by atoms with Crippen LogP contribution in [0, 0.1) is 0 Å². The maximum atomic E-state index is 12.5. The Bertz CT molecular complexity index is 669. The number of nitrogens with zero attached hydrogens (tertiary/aromatic N) is 1. The highest BCUT2D eigenvalue weighted by molar-refractivity contribution is 5.75. The van der Waals surface area contributed by atoms with E-state index in [1.807, 2.05) is 24.3 Å². The average Bonchev–Trinajstić information content (AvgIpc) is 3.09. The minimum atomic E-state index is -0.626. The molecule has 0 radical (unpaired) electrons. The molecular formula is C17H20N2O5. The van der Waals surface area contributed by atoms with Crippen LogP contribution in [0.1, 0.15) is 30.0 Å². The Morgan fingerprint density at radius 3 is 2.75 bits per heavy atom. The van der Waals surface area contributed by atoms with Crippen LogP contribution in [-0.4, -0.2) is 53.6 Å². The van der Waals surface area contributed by atoms with Gasteiger partial charge in [-0.05, 0) is 11.1 Å². The van der Waals surface area contributed by atoms with Crippen LogP contribution in [-0.2, 0) is 15.9 Å². The molecule has 3 aliphatic rings. The van der Waals surface area contributed by atoms with Crippen LogP contribution in [0.2, 0.25) is 0 Å². The van der Waals surface area contributed by atoms with Crippen molar-refractivity contribution < 1.29 is 24.2 Å². The van der Waals surface area contributed by atoms with E-state index in [0.29, 0.717) is 32.4 Å². The summed E-state index contributed by atoms with van der Waals surface area (Å²) in [7, 11) is 0. The van der Waals surface area contributed by atoms with E-state index < -0.39 is 17.9 Å². The van der Waals surface area contributed by atoms with E-state index in [4.69, 9.17) is 9.47 Å². The molecule has 2 saturated heterocycles. The van der Waals surface area contributed by atoms with Crippen LogP contribution in [0.4, 0.5) is 9.59 Å². The third-order valence-electron chi connectivity index (χ3n) is 5.20. The summed E-state index contributed by atoms with van der Waals surface area (Å²) in [6.07, 6.45) is 0.453. The van der Waals surface area contributed by atoms with E-state index in [1.54, 1.807) is 4.90 Å². The molecule has 2 heterocycles. The number of cyclic esters (lactones) is 1. The third-order valence-corrected chi connectivity index (χ3v) is 5.20. The highest BCUT2D eigenvalue weighted by Crippen LogP contribution is 2.33. The lowest BCUT2D eigenvalue weighted by molar-refractivity contribution is 0.00852. The van der Waals surface area contributed by atoms with Crippen LogP contribution in [0.5, 0.6) is 0 Å². The molecule has 1 aromatic rings. The van der Waals surface area contributed by atoms with E-state index in [-0.39, 0.29) is 18.7 Å². The van der Waals surface area contributed by atoms with Crippen molar-refractivity contribution >= 4 is 12.2 Å². The Morgan fingerprint density at radius 1 is 1.29 bits per heavy atom. The molecule has 0 unspecified atom stereocenters. The second-order valence-electron chi connectivity index (χ2n) is 6.71. The summed E-state index contributed by atoms with van der Waals surface area (Å²) in [6.45, 7) is 1.25. The predicted molar refractivity (Wildman–Crippen MR) is 83.4 cm³/mol. The first-order valence-electron chi connectivity index (χ1n) is 8.23. The molecule has 2 fully saturated rings. The van der Waals surface area contributed by atoms with Crippen molar-refractivity contribution in [1.82, 2.24) is 10.2 Å². The van der Waals surface area contributed by atoms with Gasteiger partial charge in [0.2, 0.25) is 0 Å². The fourth-order valence-corrected chi connectivity index (χ4v) is 3.76. The SMILES string of the molecule is O=C1OCC2(CCN(C(=O)N[C@H]3c4ccccc4C[C@@H]3O)CC2)O1. The number of rotatable bonds is 1. The average molecular weight is 332 g/mol. The van der Waals surface area contributed by atoms with Crippen LogP contribution >= 0.6 is 0 Å². The number of ether oxygens (including phenoxy) is 2. The zero-order valence-corrected chi connectivity index (χ0v) is 13.2. The smallest absolute Gasteiger partial charge is 0.430 e. The summed E-state index contributed by atoms with van der Waals surface area (Å²) in [5.41, 5.74) is 1.47. The number of carbonyl (C=O) groups excluding carboxylic acids is 2. The second-order valence-corrected chi connectivity index (χ2v) is 6.71. The van der Waals surface area contributed by atoms with Crippen molar-refractivity contribution in [2.24, 2.45) is 0 Å². The summed E-state index contributed by atoms with van der Waals surface area (Å²) < 4.78 is 10.1. The quantitative estimate of drug-likeness (QED) is 0.758. The molecule has 128 valence electrons. The van der Waals surface area contributed by atoms with Gasteiger partial charge in [0.05, 0.1) is 12.1 Å². The highest BCUT2D eigenvalue weighted by atomic mass is 16.8. The zero-order valence-electron chi connectivity index (χ0n) is 13.2. The summed E-state index contributed by atoms with van der Waals surface area (Å²) in [4.78, 5) is 25.4. The number of urea groups is 1. The second kappa shape index (κ2) is 5.66. The fourth-order valence-electron chi connectivity index (χ4n) is 3.76. The van der Waals surface area contributed by atoms with Crippen LogP contribution in [0.3, 0.4) is 0 Å². The molecule has 0 saturated carbocycles. The Balaban J connectivity index is 1.38. The molecule has 4 rings (SSSR count). The van der Waals surface area contributed by atoms with Gasteiger partial charge in [-0.3, -0.25) is 0 Å². The maximum Gasteiger partial charge on any atom is 0.509 e. The van der Waals surface area contributed by atoms with Crippen LogP contribution in [0.15, 0.2) is 24.3 Å². The monoisotopic (exact) mass is 332 g/mol. The first kappa shape index (κ1) is 15.3.